The molecule has 1 aliphatic rings. The van der Waals surface area contributed by atoms with E-state index in [1.807, 2.05) is 14.0 Å². The Kier molecular flexibility index (Phi) is 4.57. The molecule has 6 nitrogen and oxygen atoms in total. The van der Waals surface area contributed by atoms with Gasteiger partial charge in [0.15, 0.2) is 0 Å². The van der Waals surface area contributed by atoms with Crippen LogP contribution in [0.3, 0.4) is 0 Å². The highest BCUT2D eigenvalue weighted by atomic mass is 35.5. The van der Waals surface area contributed by atoms with Gasteiger partial charge < -0.3 is 10.0 Å². The van der Waals surface area contributed by atoms with E-state index in [1.165, 1.54) is 22.5 Å². The van der Waals surface area contributed by atoms with Crippen molar-refractivity contribution in [2.45, 2.75) is 17.9 Å². The van der Waals surface area contributed by atoms with Crippen LogP contribution in [-0.4, -0.2) is 61.4 Å². The standard InChI is InChI=1S/C13H17ClN2O4S/c1-9-8-16(6-5-15(9)2)21(19,20)10-3-4-11(13(17)18)12(14)7-10/h3-4,7,9H,5-6,8H2,1-2H3,(H,17,18). The van der Waals surface area contributed by atoms with Crippen molar-refractivity contribution in [3.8, 4) is 0 Å². The van der Waals surface area contributed by atoms with Gasteiger partial charge in [-0.25, -0.2) is 13.2 Å². The van der Waals surface area contributed by atoms with Gasteiger partial charge in [0, 0.05) is 25.7 Å². The molecule has 1 N–H and O–H groups in total. The van der Waals surface area contributed by atoms with Crippen LogP contribution >= 0.6 is 11.6 Å². The van der Waals surface area contributed by atoms with Crippen LogP contribution in [0.4, 0.5) is 0 Å². The number of halogens is 1. The minimum Gasteiger partial charge on any atom is -0.478 e. The quantitative estimate of drug-likeness (QED) is 0.904. The van der Waals surface area contributed by atoms with Gasteiger partial charge in [0.05, 0.1) is 15.5 Å². The van der Waals surface area contributed by atoms with Gasteiger partial charge in [-0.2, -0.15) is 4.31 Å². The van der Waals surface area contributed by atoms with E-state index in [2.05, 4.69) is 4.90 Å². The number of likely N-dealkylation sites (N-methyl/N-ethyl adjacent to an activating group) is 1. The molecule has 1 aliphatic heterocycles. The molecule has 1 unspecified atom stereocenters. The zero-order valence-corrected chi connectivity index (χ0v) is 13.4. The lowest BCUT2D eigenvalue weighted by atomic mass is 10.2. The summed E-state index contributed by atoms with van der Waals surface area (Å²) in [6.45, 7) is 3.42. The van der Waals surface area contributed by atoms with E-state index in [1.54, 1.807) is 0 Å². The van der Waals surface area contributed by atoms with E-state index in [4.69, 9.17) is 16.7 Å². The molecular weight excluding hydrogens is 316 g/mol. The third-order valence-electron chi connectivity index (χ3n) is 3.73. The maximum atomic E-state index is 12.6. The second-order valence-electron chi connectivity index (χ2n) is 5.14. The zero-order valence-electron chi connectivity index (χ0n) is 11.8. The number of benzene rings is 1. The maximum absolute atomic E-state index is 12.6. The lowest BCUT2D eigenvalue weighted by molar-refractivity contribution is 0.0697. The van der Waals surface area contributed by atoms with Gasteiger partial charge in [0.2, 0.25) is 10.0 Å². The Morgan fingerprint density at radius 2 is 2.05 bits per heavy atom. The van der Waals surface area contributed by atoms with Crippen molar-refractivity contribution < 1.29 is 18.3 Å². The molecule has 1 atom stereocenters. The first-order chi connectivity index (χ1) is 9.73. The highest BCUT2D eigenvalue weighted by Gasteiger charge is 2.31. The van der Waals surface area contributed by atoms with Crippen LogP contribution in [0.2, 0.25) is 5.02 Å². The van der Waals surface area contributed by atoms with Crippen molar-refractivity contribution in [3.63, 3.8) is 0 Å². The number of carboxylic acids is 1. The molecule has 1 aromatic rings. The van der Waals surface area contributed by atoms with Gasteiger partial charge in [0.25, 0.3) is 0 Å². The summed E-state index contributed by atoms with van der Waals surface area (Å²) in [5, 5.41) is 8.84. The molecule has 8 heteroatoms. The van der Waals surface area contributed by atoms with Crippen LogP contribution in [0.1, 0.15) is 17.3 Å². The normalized spacial score (nSPS) is 21.4. The number of hydrogen-bond acceptors (Lipinski definition) is 4. The molecule has 116 valence electrons. The molecule has 0 aromatic heterocycles. The minimum absolute atomic E-state index is 0.0225. The van der Waals surface area contributed by atoms with Crippen molar-refractivity contribution in [2.24, 2.45) is 0 Å². The number of carboxylic acid groups (broad SMARTS) is 1. The first kappa shape index (κ1) is 16.2. The van der Waals surface area contributed by atoms with Gasteiger partial charge in [-0.05, 0) is 32.2 Å². The summed E-state index contributed by atoms with van der Waals surface area (Å²) in [7, 11) is -1.70. The number of carbonyl (C=O) groups is 1. The fourth-order valence-corrected chi connectivity index (χ4v) is 4.08. The number of piperazine rings is 1. The number of rotatable bonds is 3. The molecule has 0 spiro atoms. The SMILES string of the molecule is CC1CN(S(=O)(=O)c2ccc(C(=O)O)c(Cl)c2)CCN1C. The van der Waals surface area contributed by atoms with E-state index in [0.717, 1.165) is 0 Å². The number of nitrogens with zero attached hydrogens (tertiary/aromatic N) is 2. The second-order valence-corrected chi connectivity index (χ2v) is 7.48. The van der Waals surface area contributed by atoms with E-state index >= 15 is 0 Å². The van der Waals surface area contributed by atoms with Crippen molar-refractivity contribution >= 4 is 27.6 Å². The summed E-state index contributed by atoms with van der Waals surface area (Å²) < 4.78 is 26.6. The summed E-state index contributed by atoms with van der Waals surface area (Å²) in [6, 6.07) is 3.83. The second kappa shape index (κ2) is 5.92. The smallest absolute Gasteiger partial charge is 0.337 e. The van der Waals surface area contributed by atoms with Gasteiger partial charge in [-0.3, -0.25) is 0 Å². The van der Waals surface area contributed by atoms with Gasteiger partial charge in [-0.15, -0.1) is 0 Å². The van der Waals surface area contributed by atoms with Crippen LogP contribution < -0.4 is 0 Å². The predicted molar refractivity (Wildman–Crippen MR) is 79.3 cm³/mol. The summed E-state index contributed by atoms with van der Waals surface area (Å²) in [4.78, 5) is 13.0. The van der Waals surface area contributed by atoms with Gasteiger partial charge in [0.1, 0.15) is 0 Å². The van der Waals surface area contributed by atoms with Crippen LogP contribution in [0.15, 0.2) is 23.1 Å². The number of hydrogen-bond donors (Lipinski definition) is 1. The predicted octanol–water partition coefficient (Wildman–Crippen LogP) is 1.36. The van der Waals surface area contributed by atoms with Crippen molar-refractivity contribution in [1.29, 1.82) is 0 Å². The number of aromatic carboxylic acids is 1. The first-order valence-corrected chi connectivity index (χ1v) is 8.28. The average molecular weight is 333 g/mol. The molecule has 0 radical (unpaired) electrons. The van der Waals surface area contributed by atoms with Crippen molar-refractivity contribution in [3.05, 3.63) is 28.8 Å². The Bertz CT molecular complexity index is 662. The summed E-state index contributed by atoms with van der Waals surface area (Å²) >= 11 is 5.85. The molecule has 1 saturated heterocycles. The Hall–Kier alpha value is -1.15. The molecule has 1 fully saturated rings. The third-order valence-corrected chi connectivity index (χ3v) is 5.90. The Balaban J connectivity index is 2.32. The maximum Gasteiger partial charge on any atom is 0.337 e. The highest BCUT2D eigenvalue weighted by Crippen LogP contribution is 2.24. The van der Waals surface area contributed by atoms with E-state index in [-0.39, 0.29) is 21.5 Å². The van der Waals surface area contributed by atoms with Crippen LogP contribution in [0.25, 0.3) is 0 Å². The zero-order chi connectivity index (χ0) is 15.8. The molecule has 0 aliphatic carbocycles. The van der Waals surface area contributed by atoms with Gasteiger partial charge >= 0.3 is 5.97 Å². The lowest BCUT2D eigenvalue weighted by Gasteiger charge is -2.36. The average Bonchev–Trinajstić information content (AvgIpc) is 2.41. The third kappa shape index (κ3) is 3.21. The molecular formula is C13H17ClN2O4S. The molecule has 1 aromatic carbocycles. The summed E-state index contributed by atoms with van der Waals surface area (Å²) in [6.07, 6.45) is 0. The number of sulfonamides is 1. The van der Waals surface area contributed by atoms with Crippen molar-refractivity contribution in [2.75, 3.05) is 26.7 Å². The molecule has 0 bridgehead atoms. The monoisotopic (exact) mass is 332 g/mol. The molecule has 21 heavy (non-hydrogen) atoms. The van der Waals surface area contributed by atoms with E-state index in [0.29, 0.717) is 19.6 Å². The topological polar surface area (TPSA) is 77.9 Å². The fraction of sp³-hybridized carbons (Fsp3) is 0.462. The van der Waals surface area contributed by atoms with Crippen LogP contribution in [-0.2, 0) is 10.0 Å². The summed E-state index contributed by atoms with van der Waals surface area (Å²) in [5.41, 5.74) is -0.109. The Morgan fingerprint density at radius 3 is 2.57 bits per heavy atom. The Morgan fingerprint density at radius 1 is 1.38 bits per heavy atom. The largest absolute Gasteiger partial charge is 0.478 e. The van der Waals surface area contributed by atoms with Crippen LogP contribution in [0, 0.1) is 0 Å². The molecule has 1 heterocycles. The molecule has 2 rings (SSSR count). The first-order valence-electron chi connectivity index (χ1n) is 6.46. The summed E-state index contributed by atoms with van der Waals surface area (Å²) in [5.74, 6) is -1.18. The van der Waals surface area contributed by atoms with Gasteiger partial charge in [-0.1, -0.05) is 11.6 Å². The van der Waals surface area contributed by atoms with E-state index in [9.17, 15) is 13.2 Å². The van der Waals surface area contributed by atoms with E-state index < -0.39 is 16.0 Å². The molecule has 0 saturated carbocycles. The highest BCUT2D eigenvalue weighted by molar-refractivity contribution is 7.89. The Labute approximate surface area is 129 Å². The minimum atomic E-state index is -3.65. The van der Waals surface area contributed by atoms with Crippen molar-refractivity contribution in [1.82, 2.24) is 9.21 Å². The van der Waals surface area contributed by atoms with Crippen LogP contribution in [0.5, 0.6) is 0 Å². The lowest BCUT2D eigenvalue weighted by Crippen LogP contribution is -2.51. The molecule has 0 amide bonds. The fourth-order valence-electron chi connectivity index (χ4n) is 2.21.